The second kappa shape index (κ2) is 7.04. The minimum Gasteiger partial charge on any atom is -0.322 e. The van der Waals surface area contributed by atoms with Gasteiger partial charge in [0.05, 0.1) is 0 Å². The molecule has 2 N–H and O–H groups in total. The van der Waals surface area contributed by atoms with Crippen LogP contribution in [0.15, 0.2) is 42.5 Å². The van der Waals surface area contributed by atoms with E-state index < -0.39 is 0 Å². The van der Waals surface area contributed by atoms with Crippen molar-refractivity contribution in [2.24, 2.45) is 0 Å². The topological polar surface area (TPSA) is 41.1 Å². The Kier molecular flexibility index (Phi) is 5.12. The van der Waals surface area contributed by atoms with Crippen molar-refractivity contribution >= 4 is 11.6 Å². The first kappa shape index (κ1) is 15.3. The second-order valence-corrected chi connectivity index (χ2v) is 5.23. The summed E-state index contributed by atoms with van der Waals surface area (Å²) in [7, 11) is 0. The maximum Gasteiger partial charge on any atom is 0.255 e. The van der Waals surface area contributed by atoms with Crippen molar-refractivity contribution in [1.82, 2.24) is 5.32 Å². The monoisotopic (exact) mass is 282 g/mol. The molecule has 0 fully saturated rings. The van der Waals surface area contributed by atoms with E-state index in [0.717, 1.165) is 29.9 Å². The Morgan fingerprint density at radius 1 is 1.05 bits per heavy atom. The van der Waals surface area contributed by atoms with Crippen LogP contribution in [0.5, 0.6) is 0 Å². The van der Waals surface area contributed by atoms with Gasteiger partial charge in [-0.15, -0.1) is 0 Å². The molecule has 0 radical (unpaired) electrons. The standard InChI is InChI=1S/C18H22N2O/c1-4-19-12-15-6-5-7-17(11-15)20-18(21)16-9-8-13(2)14(3)10-16/h5-11,19H,4,12H2,1-3H3,(H,20,21). The quantitative estimate of drug-likeness (QED) is 0.878. The summed E-state index contributed by atoms with van der Waals surface area (Å²) >= 11 is 0. The van der Waals surface area contributed by atoms with Crippen LogP contribution in [-0.4, -0.2) is 12.5 Å². The van der Waals surface area contributed by atoms with Gasteiger partial charge in [0, 0.05) is 17.8 Å². The third kappa shape index (κ3) is 4.17. The molecule has 0 spiro atoms. The molecule has 0 aromatic heterocycles. The molecule has 2 aromatic rings. The Morgan fingerprint density at radius 3 is 2.57 bits per heavy atom. The van der Waals surface area contributed by atoms with E-state index in [1.165, 1.54) is 5.56 Å². The Labute approximate surface area is 126 Å². The van der Waals surface area contributed by atoms with Gasteiger partial charge in [0.2, 0.25) is 0 Å². The molecule has 21 heavy (non-hydrogen) atoms. The lowest BCUT2D eigenvalue weighted by Gasteiger charge is -2.09. The lowest BCUT2D eigenvalue weighted by molar-refractivity contribution is 0.102. The molecule has 1 amide bonds. The highest BCUT2D eigenvalue weighted by Crippen LogP contribution is 2.14. The van der Waals surface area contributed by atoms with Gasteiger partial charge in [-0.3, -0.25) is 4.79 Å². The van der Waals surface area contributed by atoms with Crippen LogP contribution in [-0.2, 0) is 6.54 Å². The van der Waals surface area contributed by atoms with Crippen LogP contribution >= 0.6 is 0 Å². The number of carbonyl (C=O) groups excluding carboxylic acids is 1. The minimum absolute atomic E-state index is 0.0706. The number of hydrogen-bond acceptors (Lipinski definition) is 2. The van der Waals surface area contributed by atoms with Crippen LogP contribution in [0.2, 0.25) is 0 Å². The molecule has 0 heterocycles. The van der Waals surface area contributed by atoms with Gasteiger partial charge >= 0.3 is 0 Å². The van der Waals surface area contributed by atoms with Crippen LogP contribution in [0, 0.1) is 13.8 Å². The average Bonchev–Trinajstić information content (AvgIpc) is 2.48. The van der Waals surface area contributed by atoms with E-state index in [-0.39, 0.29) is 5.91 Å². The normalized spacial score (nSPS) is 10.4. The fraction of sp³-hybridized carbons (Fsp3) is 0.278. The zero-order valence-corrected chi connectivity index (χ0v) is 12.9. The number of hydrogen-bond donors (Lipinski definition) is 2. The number of rotatable bonds is 5. The van der Waals surface area contributed by atoms with Crippen LogP contribution in [0.4, 0.5) is 5.69 Å². The molecule has 0 aliphatic carbocycles. The Balaban J connectivity index is 2.10. The largest absolute Gasteiger partial charge is 0.322 e. The number of benzene rings is 2. The van der Waals surface area contributed by atoms with Gasteiger partial charge in [0.15, 0.2) is 0 Å². The molecule has 0 atom stereocenters. The Hall–Kier alpha value is -2.13. The first-order valence-electron chi connectivity index (χ1n) is 7.28. The van der Waals surface area contributed by atoms with E-state index >= 15 is 0 Å². The molecule has 3 heteroatoms. The molecule has 0 bridgehead atoms. The maximum atomic E-state index is 12.3. The van der Waals surface area contributed by atoms with E-state index in [1.54, 1.807) is 0 Å². The van der Waals surface area contributed by atoms with Gasteiger partial charge in [0.1, 0.15) is 0 Å². The number of nitrogens with one attached hydrogen (secondary N) is 2. The second-order valence-electron chi connectivity index (χ2n) is 5.23. The summed E-state index contributed by atoms with van der Waals surface area (Å²) in [6, 6.07) is 13.7. The van der Waals surface area contributed by atoms with Crippen molar-refractivity contribution < 1.29 is 4.79 Å². The number of aryl methyl sites for hydroxylation is 2. The summed E-state index contributed by atoms with van der Waals surface area (Å²) in [5, 5.41) is 6.23. The zero-order valence-electron chi connectivity index (χ0n) is 12.9. The van der Waals surface area contributed by atoms with Crippen LogP contribution in [0.3, 0.4) is 0 Å². The third-order valence-corrected chi connectivity index (χ3v) is 3.53. The molecule has 0 aliphatic rings. The Morgan fingerprint density at radius 2 is 1.86 bits per heavy atom. The summed E-state index contributed by atoms with van der Waals surface area (Å²) < 4.78 is 0. The smallest absolute Gasteiger partial charge is 0.255 e. The van der Waals surface area contributed by atoms with Crippen LogP contribution in [0.25, 0.3) is 0 Å². The highest BCUT2D eigenvalue weighted by atomic mass is 16.1. The fourth-order valence-corrected chi connectivity index (χ4v) is 2.11. The van der Waals surface area contributed by atoms with Crippen molar-refractivity contribution in [1.29, 1.82) is 0 Å². The van der Waals surface area contributed by atoms with Gasteiger partial charge in [-0.2, -0.15) is 0 Å². The fourth-order valence-electron chi connectivity index (χ4n) is 2.11. The van der Waals surface area contributed by atoms with Gasteiger partial charge < -0.3 is 10.6 Å². The molecule has 2 aromatic carbocycles. The Bertz CT molecular complexity index is 635. The molecule has 0 unspecified atom stereocenters. The van der Waals surface area contributed by atoms with Crippen molar-refractivity contribution in [3.8, 4) is 0 Å². The van der Waals surface area contributed by atoms with E-state index in [4.69, 9.17) is 0 Å². The molecular weight excluding hydrogens is 260 g/mol. The third-order valence-electron chi connectivity index (χ3n) is 3.53. The van der Waals surface area contributed by atoms with Gasteiger partial charge in [0.25, 0.3) is 5.91 Å². The van der Waals surface area contributed by atoms with Crippen molar-refractivity contribution in [3.05, 3.63) is 64.7 Å². The summed E-state index contributed by atoms with van der Waals surface area (Å²) in [4.78, 5) is 12.3. The van der Waals surface area contributed by atoms with Crippen LogP contribution < -0.4 is 10.6 Å². The van der Waals surface area contributed by atoms with Crippen molar-refractivity contribution in [2.45, 2.75) is 27.3 Å². The molecule has 0 saturated carbocycles. The van der Waals surface area contributed by atoms with Gasteiger partial charge in [-0.1, -0.05) is 25.1 Å². The van der Waals surface area contributed by atoms with E-state index in [2.05, 4.69) is 17.6 Å². The SMILES string of the molecule is CCNCc1cccc(NC(=O)c2ccc(C)c(C)c2)c1. The van der Waals surface area contributed by atoms with Crippen molar-refractivity contribution in [3.63, 3.8) is 0 Å². The summed E-state index contributed by atoms with van der Waals surface area (Å²) in [6.45, 7) is 7.87. The lowest BCUT2D eigenvalue weighted by Crippen LogP contribution is -2.14. The highest BCUT2D eigenvalue weighted by Gasteiger charge is 2.07. The summed E-state index contributed by atoms with van der Waals surface area (Å²) in [6.07, 6.45) is 0. The zero-order chi connectivity index (χ0) is 15.2. The summed E-state index contributed by atoms with van der Waals surface area (Å²) in [5.41, 5.74) is 5.00. The van der Waals surface area contributed by atoms with Gasteiger partial charge in [-0.25, -0.2) is 0 Å². The highest BCUT2D eigenvalue weighted by molar-refractivity contribution is 6.04. The van der Waals surface area contributed by atoms with E-state index in [1.807, 2.05) is 56.3 Å². The number of carbonyl (C=O) groups is 1. The first-order chi connectivity index (χ1) is 10.1. The van der Waals surface area contributed by atoms with Crippen molar-refractivity contribution in [2.75, 3.05) is 11.9 Å². The molecule has 2 rings (SSSR count). The van der Waals surface area contributed by atoms with Crippen LogP contribution in [0.1, 0.15) is 34.0 Å². The predicted molar refractivity (Wildman–Crippen MR) is 87.7 cm³/mol. The lowest BCUT2D eigenvalue weighted by atomic mass is 10.1. The summed E-state index contributed by atoms with van der Waals surface area (Å²) in [5.74, 6) is -0.0706. The molecule has 0 aliphatic heterocycles. The number of amides is 1. The maximum absolute atomic E-state index is 12.3. The average molecular weight is 282 g/mol. The van der Waals surface area contributed by atoms with E-state index in [0.29, 0.717) is 5.56 Å². The van der Waals surface area contributed by atoms with E-state index in [9.17, 15) is 4.79 Å². The molecular formula is C18H22N2O. The first-order valence-corrected chi connectivity index (χ1v) is 7.28. The molecule has 3 nitrogen and oxygen atoms in total. The number of anilines is 1. The molecule has 110 valence electrons. The predicted octanol–water partition coefficient (Wildman–Crippen LogP) is 3.67. The van der Waals surface area contributed by atoms with Gasteiger partial charge in [-0.05, 0) is 61.3 Å². The minimum atomic E-state index is -0.0706. The molecule has 0 saturated heterocycles.